The molecule has 0 aliphatic rings. The molecule has 1 N–H and O–H groups in total. The number of carbonyl (C=O) groups excluding carboxylic acids is 1. The predicted molar refractivity (Wildman–Crippen MR) is 96.0 cm³/mol. The van der Waals surface area contributed by atoms with E-state index in [1.807, 2.05) is 19.9 Å². The fourth-order valence-corrected chi connectivity index (χ4v) is 2.62. The predicted octanol–water partition coefficient (Wildman–Crippen LogP) is 4.77. The Morgan fingerprint density at radius 2 is 1.88 bits per heavy atom. The molecule has 1 atom stereocenters. The number of rotatable bonds is 6. The lowest BCUT2D eigenvalue weighted by Gasteiger charge is -2.18. The van der Waals surface area contributed by atoms with Gasteiger partial charge in [0.05, 0.1) is 29.8 Å². The van der Waals surface area contributed by atoms with E-state index in [0.717, 1.165) is 5.56 Å². The number of benzene rings is 2. The first-order chi connectivity index (χ1) is 11.8. The summed E-state index contributed by atoms with van der Waals surface area (Å²) in [4.78, 5) is 12.3. The van der Waals surface area contributed by atoms with Crippen LogP contribution >= 0.6 is 11.6 Å². The van der Waals surface area contributed by atoms with Crippen LogP contribution in [0.15, 0.2) is 36.4 Å². The zero-order chi connectivity index (χ0) is 18.6. The fourth-order valence-electron chi connectivity index (χ4n) is 2.37. The summed E-state index contributed by atoms with van der Waals surface area (Å²) >= 11 is 5.93. The third kappa shape index (κ3) is 4.63. The van der Waals surface area contributed by atoms with Crippen molar-refractivity contribution in [2.75, 3.05) is 7.11 Å². The van der Waals surface area contributed by atoms with E-state index in [1.54, 1.807) is 26.2 Å². The molecular weight excluding hydrogens is 345 g/mol. The van der Waals surface area contributed by atoms with Crippen LogP contribution in [0.2, 0.25) is 5.02 Å². The van der Waals surface area contributed by atoms with Crippen molar-refractivity contribution in [1.82, 2.24) is 5.32 Å². The van der Waals surface area contributed by atoms with Crippen LogP contribution < -0.4 is 14.8 Å². The zero-order valence-electron chi connectivity index (χ0n) is 14.6. The number of methoxy groups -OCH3 is 1. The van der Waals surface area contributed by atoms with E-state index in [1.165, 1.54) is 18.2 Å². The minimum Gasteiger partial charge on any atom is -0.493 e. The largest absolute Gasteiger partial charge is 0.493 e. The highest BCUT2D eigenvalue weighted by molar-refractivity contribution is 6.33. The molecule has 134 valence electrons. The summed E-state index contributed by atoms with van der Waals surface area (Å²) in [6, 6.07) is 9.16. The minimum absolute atomic E-state index is 0.0140. The number of carbonyl (C=O) groups is 1. The molecule has 0 aromatic heterocycles. The second-order valence-electron chi connectivity index (χ2n) is 5.87. The molecule has 1 amide bonds. The van der Waals surface area contributed by atoms with Crippen molar-refractivity contribution in [3.05, 3.63) is 58.4 Å². The Morgan fingerprint density at radius 3 is 2.48 bits per heavy atom. The molecule has 0 saturated heterocycles. The molecule has 6 heteroatoms. The Bertz CT molecular complexity index is 744. The first-order valence-corrected chi connectivity index (χ1v) is 8.30. The van der Waals surface area contributed by atoms with Crippen LogP contribution in [0.1, 0.15) is 42.7 Å². The Morgan fingerprint density at radius 1 is 1.16 bits per heavy atom. The summed E-state index contributed by atoms with van der Waals surface area (Å²) in [5.41, 5.74) is 0.636. The van der Waals surface area contributed by atoms with Crippen molar-refractivity contribution >= 4 is 17.5 Å². The highest BCUT2D eigenvalue weighted by Gasteiger charge is 2.19. The lowest BCUT2D eigenvalue weighted by molar-refractivity contribution is 0.0936. The molecule has 0 bridgehead atoms. The van der Waals surface area contributed by atoms with Crippen LogP contribution in [0.4, 0.5) is 4.39 Å². The first kappa shape index (κ1) is 19.1. The second-order valence-corrected chi connectivity index (χ2v) is 6.28. The van der Waals surface area contributed by atoms with Crippen LogP contribution in [0.5, 0.6) is 11.5 Å². The molecule has 2 rings (SSSR count). The van der Waals surface area contributed by atoms with Gasteiger partial charge >= 0.3 is 0 Å². The average Bonchev–Trinajstić information content (AvgIpc) is 2.54. The maximum absolute atomic E-state index is 13.9. The molecule has 0 unspecified atom stereocenters. The smallest absolute Gasteiger partial charge is 0.256 e. The molecule has 25 heavy (non-hydrogen) atoms. The van der Waals surface area contributed by atoms with Crippen molar-refractivity contribution in [2.45, 2.75) is 32.9 Å². The molecule has 4 nitrogen and oxygen atoms in total. The van der Waals surface area contributed by atoms with Gasteiger partial charge in [0.1, 0.15) is 5.82 Å². The minimum atomic E-state index is -0.657. The highest BCUT2D eigenvalue weighted by atomic mass is 35.5. The molecule has 0 aliphatic carbocycles. The van der Waals surface area contributed by atoms with Gasteiger partial charge in [-0.15, -0.1) is 0 Å². The number of amides is 1. The van der Waals surface area contributed by atoms with Gasteiger partial charge < -0.3 is 14.8 Å². The van der Waals surface area contributed by atoms with E-state index in [2.05, 4.69) is 5.32 Å². The summed E-state index contributed by atoms with van der Waals surface area (Å²) in [7, 11) is 1.55. The van der Waals surface area contributed by atoms with Crippen molar-refractivity contribution < 1.29 is 18.7 Å². The van der Waals surface area contributed by atoms with Crippen LogP contribution in [0, 0.1) is 5.82 Å². The number of hydrogen-bond acceptors (Lipinski definition) is 3. The number of hydrogen-bond donors (Lipinski definition) is 1. The van der Waals surface area contributed by atoms with Crippen molar-refractivity contribution in [2.24, 2.45) is 0 Å². The lowest BCUT2D eigenvalue weighted by atomic mass is 10.1. The zero-order valence-corrected chi connectivity index (χ0v) is 15.4. The third-order valence-electron chi connectivity index (χ3n) is 3.59. The van der Waals surface area contributed by atoms with E-state index >= 15 is 0 Å². The van der Waals surface area contributed by atoms with Crippen molar-refractivity contribution in [3.8, 4) is 11.5 Å². The van der Waals surface area contributed by atoms with Crippen LogP contribution in [0.3, 0.4) is 0 Å². The summed E-state index contributed by atoms with van der Waals surface area (Å²) in [6.07, 6.45) is 0.0140. The average molecular weight is 366 g/mol. The SMILES string of the molecule is COc1cc([C@@H](C)NC(=O)c2c(F)cccc2Cl)ccc1OC(C)C. The monoisotopic (exact) mass is 365 g/mol. The molecular formula is C19H21ClFNO3. The van der Waals surface area contributed by atoms with Gasteiger partial charge in [-0.3, -0.25) is 4.79 Å². The van der Waals surface area contributed by atoms with E-state index in [-0.39, 0.29) is 22.7 Å². The van der Waals surface area contributed by atoms with E-state index in [9.17, 15) is 9.18 Å². The van der Waals surface area contributed by atoms with Gasteiger partial charge in [0.2, 0.25) is 0 Å². The molecule has 0 aliphatic heterocycles. The Balaban J connectivity index is 2.20. The van der Waals surface area contributed by atoms with Crippen LogP contribution in [-0.2, 0) is 0 Å². The third-order valence-corrected chi connectivity index (χ3v) is 3.90. The molecule has 2 aromatic carbocycles. The summed E-state index contributed by atoms with van der Waals surface area (Å²) in [5.74, 6) is -0.0410. The fraction of sp³-hybridized carbons (Fsp3) is 0.316. The first-order valence-electron chi connectivity index (χ1n) is 7.93. The number of nitrogens with one attached hydrogen (secondary N) is 1. The van der Waals surface area contributed by atoms with Gasteiger partial charge in [-0.25, -0.2) is 4.39 Å². The maximum atomic E-state index is 13.9. The summed E-state index contributed by atoms with van der Waals surface area (Å²) < 4.78 is 24.9. The molecule has 0 fully saturated rings. The van der Waals surface area contributed by atoms with Gasteiger partial charge in [0.25, 0.3) is 5.91 Å². The maximum Gasteiger partial charge on any atom is 0.256 e. The van der Waals surface area contributed by atoms with Crippen LogP contribution in [-0.4, -0.2) is 19.1 Å². The molecule has 2 aromatic rings. The van der Waals surface area contributed by atoms with E-state index in [0.29, 0.717) is 11.5 Å². The normalized spacial score (nSPS) is 12.0. The standard InChI is InChI=1S/C19H21ClFNO3/c1-11(2)25-16-9-8-13(10-17(16)24-4)12(3)22-19(23)18-14(20)6-5-7-15(18)21/h5-12H,1-4H3,(H,22,23)/t12-/m1/s1. The molecule has 0 spiro atoms. The molecule has 0 heterocycles. The number of ether oxygens (including phenoxy) is 2. The highest BCUT2D eigenvalue weighted by Crippen LogP contribution is 2.31. The van der Waals surface area contributed by atoms with Crippen molar-refractivity contribution in [3.63, 3.8) is 0 Å². The lowest BCUT2D eigenvalue weighted by Crippen LogP contribution is -2.27. The van der Waals surface area contributed by atoms with Gasteiger partial charge in [-0.1, -0.05) is 23.7 Å². The van der Waals surface area contributed by atoms with Gasteiger partial charge in [-0.2, -0.15) is 0 Å². The van der Waals surface area contributed by atoms with Crippen molar-refractivity contribution in [1.29, 1.82) is 0 Å². The quantitative estimate of drug-likeness (QED) is 0.802. The Hall–Kier alpha value is -2.27. The van der Waals surface area contributed by atoms with Gasteiger partial charge in [0, 0.05) is 0 Å². The van der Waals surface area contributed by atoms with Crippen LogP contribution in [0.25, 0.3) is 0 Å². The Kier molecular flexibility index (Phi) is 6.26. The molecule has 0 radical (unpaired) electrons. The van der Waals surface area contributed by atoms with E-state index in [4.69, 9.17) is 21.1 Å². The summed E-state index contributed by atoms with van der Waals surface area (Å²) in [6.45, 7) is 5.65. The van der Waals surface area contributed by atoms with Gasteiger partial charge in [-0.05, 0) is 50.6 Å². The number of halogens is 2. The molecule has 0 saturated carbocycles. The van der Waals surface area contributed by atoms with Gasteiger partial charge in [0.15, 0.2) is 11.5 Å². The Labute approximate surface area is 151 Å². The second kappa shape index (κ2) is 8.21. The topological polar surface area (TPSA) is 47.6 Å². The van der Waals surface area contributed by atoms with E-state index < -0.39 is 11.7 Å². The summed E-state index contributed by atoms with van der Waals surface area (Å²) in [5, 5.41) is 2.82.